The van der Waals surface area contributed by atoms with E-state index in [4.69, 9.17) is 4.74 Å². The summed E-state index contributed by atoms with van der Waals surface area (Å²) in [6, 6.07) is 7.14. The number of ether oxygens (including phenoxy) is 1. The number of piperazine rings is 1. The van der Waals surface area contributed by atoms with Crippen molar-refractivity contribution < 1.29 is 14.3 Å². The fourth-order valence-corrected chi connectivity index (χ4v) is 2.41. The van der Waals surface area contributed by atoms with E-state index < -0.39 is 5.60 Å². The molecule has 3 amide bonds. The zero-order valence-electron chi connectivity index (χ0n) is 13.7. The standard InChI is InChI=1S/C16H23N3O3S/c1-16(2,3)22-15(21)19-10-8-18(9-11-19)14(20)17-12-6-4-5-7-13(12)23/h4-7,23H,8-11H2,1-3H3,(H,17,20). The lowest BCUT2D eigenvalue weighted by Crippen LogP contribution is -2.52. The Balaban J connectivity index is 1.85. The van der Waals surface area contributed by atoms with Crippen LogP contribution in [0.25, 0.3) is 0 Å². The first kappa shape index (κ1) is 17.5. The highest BCUT2D eigenvalue weighted by Crippen LogP contribution is 2.19. The Hall–Kier alpha value is -1.89. The largest absolute Gasteiger partial charge is 0.444 e. The Kier molecular flexibility index (Phi) is 5.41. The lowest BCUT2D eigenvalue weighted by atomic mass is 10.2. The zero-order valence-corrected chi connectivity index (χ0v) is 14.6. The van der Waals surface area contributed by atoms with Gasteiger partial charge in [0, 0.05) is 31.1 Å². The molecule has 1 heterocycles. The van der Waals surface area contributed by atoms with Gasteiger partial charge in [-0.15, -0.1) is 12.6 Å². The summed E-state index contributed by atoms with van der Waals surface area (Å²) < 4.78 is 5.34. The van der Waals surface area contributed by atoms with E-state index in [1.165, 1.54) is 0 Å². The monoisotopic (exact) mass is 337 g/mol. The molecular formula is C16H23N3O3S. The summed E-state index contributed by atoms with van der Waals surface area (Å²) in [4.78, 5) is 28.3. The molecule has 2 rings (SSSR count). The Morgan fingerprint density at radius 2 is 1.65 bits per heavy atom. The number of nitrogens with zero attached hydrogens (tertiary/aromatic N) is 2. The number of para-hydroxylation sites is 1. The van der Waals surface area contributed by atoms with Crippen LogP contribution in [0.2, 0.25) is 0 Å². The first-order valence-electron chi connectivity index (χ1n) is 7.58. The van der Waals surface area contributed by atoms with E-state index >= 15 is 0 Å². The van der Waals surface area contributed by atoms with Gasteiger partial charge >= 0.3 is 12.1 Å². The second-order valence-electron chi connectivity index (χ2n) is 6.40. The van der Waals surface area contributed by atoms with Gasteiger partial charge in [-0.1, -0.05) is 12.1 Å². The van der Waals surface area contributed by atoms with Crippen LogP contribution in [0, 0.1) is 0 Å². The number of hydrogen-bond acceptors (Lipinski definition) is 4. The van der Waals surface area contributed by atoms with Gasteiger partial charge in [0.15, 0.2) is 0 Å². The fraction of sp³-hybridized carbons (Fsp3) is 0.500. The van der Waals surface area contributed by atoms with Crippen LogP contribution in [0.4, 0.5) is 15.3 Å². The van der Waals surface area contributed by atoms with Crippen molar-refractivity contribution in [1.29, 1.82) is 0 Å². The lowest BCUT2D eigenvalue weighted by Gasteiger charge is -2.35. The molecule has 1 aliphatic heterocycles. The van der Waals surface area contributed by atoms with Crippen LogP contribution in [0.5, 0.6) is 0 Å². The Bertz CT molecular complexity index is 578. The third-order valence-corrected chi connectivity index (χ3v) is 3.75. The summed E-state index contributed by atoms with van der Waals surface area (Å²) in [7, 11) is 0. The Labute approximate surface area is 142 Å². The van der Waals surface area contributed by atoms with Crippen molar-refractivity contribution in [1.82, 2.24) is 9.80 Å². The Morgan fingerprint density at radius 1 is 1.09 bits per heavy atom. The number of hydrogen-bond donors (Lipinski definition) is 2. The Morgan fingerprint density at radius 3 is 2.22 bits per heavy atom. The maximum absolute atomic E-state index is 12.3. The van der Waals surface area contributed by atoms with E-state index in [1.807, 2.05) is 39.0 Å². The molecule has 6 nitrogen and oxygen atoms in total. The van der Waals surface area contributed by atoms with Crippen molar-refractivity contribution in [3.8, 4) is 0 Å². The number of carbonyl (C=O) groups excluding carboxylic acids is 2. The minimum atomic E-state index is -0.512. The van der Waals surface area contributed by atoms with Crippen LogP contribution in [0.15, 0.2) is 29.2 Å². The number of thiol groups is 1. The van der Waals surface area contributed by atoms with Gasteiger partial charge in [-0.3, -0.25) is 0 Å². The van der Waals surface area contributed by atoms with Gasteiger partial charge in [0.25, 0.3) is 0 Å². The van der Waals surface area contributed by atoms with Crippen LogP contribution in [-0.2, 0) is 4.74 Å². The third-order valence-electron chi connectivity index (χ3n) is 3.36. The van der Waals surface area contributed by atoms with Crippen molar-refractivity contribution in [2.75, 3.05) is 31.5 Å². The first-order valence-corrected chi connectivity index (χ1v) is 8.03. The van der Waals surface area contributed by atoms with E-state index in [0.29, 0.717) is 36.8 Å². The highest BCUT2D eigenvalue weighted by Gasteiger charge is 2.27. The van der Waals surface area contributed by atoms with E-state index in [1.54, 1.807) is 15.9 Å². The van der Waals surface area contributed by atoms with Crippen LogP contribution in [-0.4, -0.2) is 53.7 Å². The molecule has 1 N–H and O–H groups in total. The number of anilines is 1. The molecule has 1 aromatic carbocycles. The fourth-order valence-electron chi connectivity index (χ4n) is 2.19. The van der Waals surface area contributed by atoms with Crippen LogP contribution >= 0.6 is 12.6 Å². The predicted molar refractivity (Wildman–Crippen MR) is 92.1 cm³/mol. The molecule has 126 valence electrons. The van der Waals surface area contributed by atoms with Crippen LogP contribution in [0.1, 0.15) is 20.8 Å². The van der Waals surface area contributed by atoms with Crippen LogP contribution in [0.3, 0.4) is 0 Å². The van der Waals surface area contributed by atoms with Crippen molar-refractivity contribution >= 4 is 30.4 Å². The number of benzene rings is 1. The molecule has 1 saturated heterocycles. The number of urea groups is 1. The quantitative estimate of drug-likeness (QED) is 0.774. The zero-order chi connectivity index (χ0) is 17.0. The normalized spacial score (nSPS) is 15.3. The molecule has 0 radical (unpaired) electrons. The van der Waals surface area contributed by atoms with Gasteiger partial charge in [-0.05, 0) is 32.9 Å². The molecular weight excluding hydrogens is 314 g/mol. The minimum Gasteiger partial charge on any atom is -0.444 e. The highest BCUT2D eigenvalue weighted by atomic mass is 32.1. The number of amides is 3. The molecule has 0 atom stereocenters. The van der Waals surface area contributed by atoms with Gasteiger partial charge in [-0.25, -0.2) is 9.59 Å². The van der Waals surface area contributed by atoms with E-state index in [0.717, 1.165) is 0 Å². The lowest BCUT2D eigenvalue weighted by molar-refractivity contribution is 0.0174. The van der Waals surface area contributed by atoms with Gasteiger partial charge in [0.05, 0.1) is 5.69 Å². The second kappa shape index (κ2) is 7.12. The van der Waals surface area contributed by atoms with Crippen molar-refractivity contribution in [3.63, 3.8) is 0 Å². The SMILES string of the molecule is CC(C)(C)OC(=O)N1CCN(C(=O)Nc2ccccc2S)CC1. The van der Waals surface area contributed by atoms with Gasteiger partial charge in [0.1, 0.15) is 5.60 Å². The van der Waals surface area contributed by atoms with Crippen LogP contribution < -0.4 is 5.32 Å². The minimum absolute atomic E-state index is 0.185. The van der Waals surface area contributed by atoms with E-state index in [-0.39, 0.29) is 12.1 Å². The molecule has 0 saturated carbocycles. The summed E-state index contributed by atoms with van der Waals surface area (Å²) in [5.74, 6) is 0. The van der Waals surface area contributed by atoms with Crippen molar-refractivity contribution in [2.45, 2.75) is 31.3 Å². The van der Waals surface area contributed by atoms with Gasteiger partial charge in [0.2, 0.25) is 0 Å². The highest BCUT2D eigenvalue weighted by molar-refractivity contribution is 7.80. The maximum Gasteiger partial charge on any atom is 0.410 e. The summed E-state index contributed by atoms with van der Waals surface area (Å²) in [5.41, 5.74) is 0.164. The molecule has 7 heteroatoms. The van der Waals surface area contributed by atoms with Gasteiger partial charge in [-0.2, -0.15) is 0 Å². The smallest absolute Gasteiger partial charge is 0.410 e. The molecule has 1 aromatic rings. The third kappa shape index (κ3) is 5.06. The summed E-state index contributed by atoms with van der Waals surface area (Å²) in [6.07, 6.45) is -0.335. The summed E-state index contributed by atoms with van der Waals surface area (Å²) in [6.45, 7) is 7.38. The molecule has 1 aliphatic rings. The summed E-state index contributed by atoms with van der Waals surface area (Å²) >= 11 is 4.31. The number of nitrogens with one attached hydrogen (secondary N) is 1. The van der Waals surface area contributed by atoms with Crippen molar-refractivity contribution in [2.24, 2.45) is 0 Å². The average molecular weight is 337 g/mol. The second-order valence-corrected chi connectivity index (χ2v) is 6.88. The molecule has 1 fully saturated rings. The first-order chi connectivity index (χ1) is 10.8. The average Bonchev–Trinajstić information content (AvgIpc) is 2.48. The molecule has 23 heavy (non-hydrogen) atoms. The topological polar surface area (TPSA) is 61.9 Å². The molecule has 0 bridgehead atoms. The van der Waals surface area contributed by atoms with E-state index in [9.17, 15) is 9.59 Å². The van der Waals surface area contributed by atoms with E-state index in [2.05, 4.69) is 17.9 Å². The molecule has 0 aliphatic carbocycles. The van der Waals surface area contributed by atoms with Gasteiger partial charge < -0.3 is 19.9 Å². The van der Waals surface area contributed by atoms with Crippen molar-refractivity contribution in [3.05, 3.63) is 24.3 Å². The molecule has 0 aromatic heterocycles. The number of carbonyl (C=O) groups is 2. The maximum atomic E-state index is 12.3. The molecule has 0 unspecified atom stereocenters. The summed E-state index contributed by atoms with van der Waals surface area (Å²) in [5, 5.41) is 2.84. The number of rotatable bonds is 1. The predicted octanol–water partition coefficient (Wildman–Crippen LogP) is 3.06. The molecule has 0 spiro atoms.